The normalized spacial score (nSPS) is 11.0. The molecule has 1 aromatic heterocycles. The van der Waals surface area contributed by atoms with E-state index in [2.05, 4.69) is 29.0 Å². The summed E-state index contributed by atoms with van der Waals surface area (Å²) in [5, 5.41) is 0.903. The highest BCUT2D eigenvalue weighted by molar-refractivity contribution is 7.98. The van der Waals surface area contributed by atoms with Gasteiger partial charge >= 0.3 is 0 Å². The number of ether oxygens (including phenoxy) is 1. The first-order valence-electron chi connectivity index (χ1n) is 6.67. The summed E-state index contributed by atoms with van der Waals surface area (Å²) in [6.07, 6.45) is 0. The van der Waals surface area contributed by atoms with Crippen LogP contribution in [0.15, 0.2) is 41.6 Å². The number of aromatic amines is 1. The summed E-state index contributed by atoms with van der Waals surface area (Å²) in [5.74, 6) is 1.61. The molecule has 0 amide bonds. The van der Waals surface area contributed by atoms with Crippen molar-refractivity contribution in [3.05, 3.63) is 47.5 Å². The number of thioether (sulfide) groups is 1. The number of fused-ring (bicyclic) bond motifs is 1. The van der Waals surface area contributed by atoms with Crippen LogP contribution in [0, 0.1) is 6.92 Å². The SMILES string of the molecule is COc1ccc(N)cc1CSc1nc2ccc(C)cc2[nH]1. The highest BCUT2D eigenvalue weighted by atomic mass is 32.2. The Morgan fingerprint density at radius 2 is 2.10 bits per heavy atom. The fourth-order valence-electron chi connectivity index (χ4n) is 2.23. The molecule has 0 unspecified atom stereocenters. The van der Waals surface area contributed by atoms with Gasteiger partial charge in [0, 0.05) is 17.0 Å². The van der Waals surface area contributed by atoms with Crippen LogP contribution in [0.5, 0.6) is 5.75 Å². The van der Waals surface area contributed by atoms with Crippen molar-refractivity contribution in [1.82, 2.24) is 9.97 Å². The minimum atomic E-state index is 0.742. The zero-order valence-corrected chi connectivity index (χ0v) is 12.8. The number of nitrogens with two attached hydrogens (primary N) is 1. The Morgan fingerprint density at radius 3 is 2.90 bits per heavy atom. The van der Waals surface area contributed by atoms with Crippen molar-refractivity contribution in [1.29, 1.82) is 0 Å². The van der Waals surface area contributed by atoms with Gasteiger partial charge in [0.1, 0.15) is 5.75 Å². The largest absolute Gasteiger partial charge is 0.496 e. The number of benzene rings is 2. The third kappa shape index (κ3) is 2.97. The summed E-state index contributed by atoms with van der Waals surface area (Å²) in [4.78, 5) is 7.92. The molecule has 0 aliphatic rings. The van der Waals surface area contributed by atoms with Crippen LogP contribution in [0.2, 0.25) is 0 Å². The summed E-state index contributed by atoms with van der Waals surface area (Å²) < 4.78 is 5.36. The number of aryl methyl sites for hydroxylation is 1. The van der Waals surface area contributed by atoms with Gasteiger partial charge in [-0.2, -0.15) is 0 Å². The van der Waals surface area contributed by atoms with Crippen LogP contribution in [0.3, 0.4) is 0 Å². The molecule has 1 heterocycles. The van der Waals surface area contributed by atoms with E-state index in [0.717, 1.165) is 38.9 Å². The van der Waals surface area contributed by atoms with Crippen LogP contribution in [-0.2, 0) is 5.75 Å². The molecule has 0 aliphatic carbocycles. The number of aromatic nitrogens is 2. The molecule has 4 nitrogen and oxygen atoms in total. The van der Waals surface area contributed by atoms with E-state index >= 15 is 0 Å². The molecule has 0 fully saturated rings. The van der Waals surface area contributed by atoms with Gasteiger partial charge in [-0.05, 0) is 42.8 Å². The van der Waals surface area contributed by atoms with Gasteiger partial charge in [0.05, 0.1) is 18.1 Å². The molecule has 108 valence electrons. The van der Waals surface area contributed by atoms with Gasteiger partial charge in [-0.1, -0.05) is 17.8 Å². The first kappa shape index (κ1) is 13.8. The van der Waals surface area contributed by atoms with Crippen molar-refractivity contribution in [2.24, 2.45) is 0 Å². The summed E-state index contributed by atoms with van der Waals surface area (Å²) in [5.41, 5.74) is 10.9. The Bertz CT molecular complexity index is 782. The molecule has 0 atom stereocenters. The van der Waals surface area contributed by atoms with Gasteiger partial charge in [0.15, 0.2) is 5.16 Å². The van der Waals surface area contributed by atoms with Gasteiger partial charge in [0.25, 0.3) is 0 Å². The maximum Gasteiger partial charge on any atom is 0.166 e. The molecule has 3 N–H and O–H groups in total. The predicted molar refractivity (Wildman–Crippen MR) is 87.8 cm³/mol. The number of anilines is 1. The van der Waals surface area contributed by atoms with Crippen molar-refractivity contribution in [2.75, 3.05) is 12.8 Å². The zero-order valence-electron chi connectivity index (χ0n) is 12.0. The van der Waals surface area contributed by atoms with E-state index in [1.807, 2.05) is 24.3 Å². The van der Waals surface area contributed by atoms with Gasteiger partial charge in [-0.15, -0.1) is 0 Å². The molecule has 3 rings (SSSR count). The minimum absolute atomic E-state index is 0.742. The molecule has 0 bridgehead atoms. The molecule has 5 heteroatoms. The number of hydrogen-bond donors (Lipinski definition) is 2. The van der Waals surface area contributed by atoms with Gasteiger partial charge in [-0.25, -0.2) is 4.98 Å². The lowest BCUT2D eigenvalue weighted by Gasteiger charge is -2.08. The van der Waals surface area contributed by atoms with Crippen molar-refractivity contribution < 1.29 is 4.74 Å². The third-order valence-electron chi connectivity index (χ3n) is 3.28. The molecule has 0 spiro atoms. The summed E-state index contributed by atoms with van der Waals surface area (Å²) in [6, 6.07) is 11.9. The highest BCUT2D eigenvalue weighted by Crippen LogP contribution is 2.29. The van der Waals surface area contributed by atoms with E-state index in [1.165, 1.54) is 5.56 Å². The molecule has 2 aromatic carbocycles. The molecule has 21 heavy (non-hydrogen) atoms. The molecular formula is C16H17N3OS. The quantitative estimate of drug-likeness (QED) is 0.569. The van der Waals surface area contributed by atoms with Gasteiger partial charge in [-0.3, -0.25) is 0 Å². The second-order valence-electron chi connectivity index (χ2n) is 4.92. The first-order valence-corrected chi connectivity index (χ1v) is 7.66. The lowest BCUT2D eigenvalue weighted by molar-refractivity contribution is 0.411. The fraction of sp³-hybridized carbons (Fsp3) is 0.188. The maximum absolute atomic E-state index is 5.84. The molecule has 0 aliphatic heterocycles. The minimum Gasteiger partial charge on any atom is -0.496 e. The predicted octanol–water partition coefficient (Wildman–Crippen LogP) is 3.75. The summed E-state index contributed by atoms with van der Waals surface area (Å²) in [6.45, 7) is 2.07. The van der Waals surface area contributed by atoms with Crippen molar-refractivity contribution in [3.8, 4) is 5.75 Å². The fourth-order valence-corrected chi connectivity index (χ4v) is 3.09. The number of rotatable bonds is 4. The number of imidazole rings is 1. The molecule has 0 saturated carbocycles. The van der Waals surface area contributed by atoms with Crippen LogP contribution in [0.4, 0.5) is 5.69 Å². The number of H-pyrrole nitrogens is 1. The van der Waals surface area contributed by atoms with Crippen molar-refractivity contribution in [2.45, 2.75) is 17.8 Å². The monoisotopic (exact) mass is 299 g/mol. The summed E-state index contributed by atoms with van der Waals surface area (Å²) in [7, 11) is 1.67. The van der Waals surface area contributed by atoms with Crippen LogP contribution in [-0.4, -0.2) is 17.1 Å². The Morgan fingerprint density at radius 1 is 1.24 bits per heavy atom. The molecular weight excluding hydrogens is 282 g/mol. The lowest BCUT2D eigenvalue weighted by Crippen LogP contribution is -1.93. The third-order valence-corrected chi connectivity index (χ3v) is 4.21. The topological polar surface area (TPSA) is 63.9 Å². The second-order valence-corrected chi connectivity index (χ2v) is 5.89. The van der Waals surface area contributed by atoms with Crippen LogP contribution >= 0.6 is 11.8 Å². The van der Waals surface area contributed by atoms with E-state index in [-0.39, 0.29) is 0 Å². The van der Waals surface area contributed by atoms with Crippen LogP contribution < -0.4 is 10.5 Å². The first-order chi connectivity index (χ1) is 10.2. The van der Waals surface area contributed by atoms with Gasteiger partial charge < -0.3 is 15.5 Å². The second kappa shape index (κ2) is 5.69. The molecule has 3 aromatic rings. The Kier molecular flexibility index (Phi) is 3.75. The Balaban J connectivity index is 1.81. The number of methoxy groups -OCH3 is 1. The Labute approximate surface area is 127 Å². The summed E-state index contributed by atoms with van der Waals surface area (Å²) >= 11 is 1.64. The standard InChI is InChI=1S/C16H17N3OS/c1-10-3-5-13-14(7-10)19-16(18-13)21-9-11-8-12(17)4-6-15(11)20-2/h3-8H,9,17H2,1-2H3,(H,18,19). The van der Waals surface area contributed by atoms with Crippen molar-refractivity contribution in [3.63, 3.8) is 0 Å². The van der Waals surface area contributed by atoms with Crippen LogP contribution in [0.1, 0.15) is 11.1 Å². The Hall–Kier alpha value is -2.14. The van der Waals surface area contributed by atoms with E-state index in [9.17, 15) is 0 Å². The highest BCUT2D eigenvalue weighted by Gasteiger charge is 2.07. The molecule has 0 saturated heterocycles. The number of nitrogens with zero attached hydrogens (tertiary/aromatic N) is 1. The van der Waals surface area contributed by atoms with E-state index in [4.69, 9.17) is 10.5 Å². The average molecular weight is 299 g/mol. The van der Waals surface area contributed by atoms with Crippen molar-refractivity contribution >= 4 is 28.5 Å². The zero-order chi connectivity index (χ0) is 14.8. The van der Waals surface area contributed by atoms with E-state index in [0.29, 0.717) is 0 Å². The lowest BCUT2D eigenvalue weighted by atomic mass is 10.2. The van der Waals surface area contributed by atoms with Crippen LogP contribution in [0.25, 0.3) is 11.0 Å². The molecule has 0 radical (unpaired) electrons. The van der Waals surface area contributed by atoms with E-state index in [1.54, 1.807) is 18.9 Å². The maximum atomic E-state index is 5.84. The smallest absolute Gasteiger partial charge is 0.166 e. The number of nitrogen functional groups attached to an aromatic ring is 1. The van der Waals surface area contributed by atoms with E-state index < -0.39 is 0 Å². The number of hydrogen-bond acceptors (Lipinski definition) is 4. The van der Waals surface area contributed by atoms with Gasteiger partial charge in [0.2, 0.25) is 0 Å². The average Bonchev–Trinajstić information content (AvgIpc) is 2.87. The number of nitrogens with one attached hydrogen (secondary N) is 1.